The summed E-state index contributed by atoms with van der Waals surface area (Å²) in [5, 5.41) is 8.87. The number of benzene rings is 1. The van der Waals surface area contributed by atoms with Crippen LogP contribution in [0.4, 0.5) is 0 Å². The van der Waals surface area contributed by atoms with Gasteiger partial charge in [0.25, 0.3) is 0 Å². The molecule has 0 N–H and O–H groups in total. The lowest BCUT2D eigenvalue weighted by Crippen LogP contribution is -1.96. The van der Waals surface area contributed by atoms with Crippen LogP contribution in [0.5, 0.6) is 5.75 Å². The zero-order valence-corrected chi connectivity index (χ0v) is 8.41. The van der Waals surface area contributed by atoms with E-state index in [0.29, 0.717) is 24.5 Å². The molecule has 0 heterocycles. The maximum atomic E-state index is 8.87. The third kappa shape index (κ3) is 2.48. The maximum Gasteiger partial charge on any atom is 0.137 e. The molecule has 0 fully saturated rings. The SMILES string of the molecule is CCOc1ccc(COC)cc1C#N. The van der Waals surface area contributed by atoms with Gasteiger partial charge in [0, 0.05) is 7.11 Å². The first-order valence-corrected chi connectivity index (χ1v) is 4.46. The quantitative estimate of drug-likeness (QED) is 0.731. The Morgan fingerprint density at radius 2 is 2.21 bits per heavy atom. The van der Waals surface area contributed by atoms with Gasteiger partial charge in [-0.15, -0.1) is 0 Å². The topological polar surface area (TPSA) is 42.2 Å². The molecule has 3 nitrogen and oxygen atoms in total. The van der Waals surface area contributed by atoms with Crippen molar-refractivity contribution in [2.24, 2.45) is 0 Å². The van der Waals surface area contributed by atoms with Crippen LogP contribution >= 0.6 is 0 Å². The molecule has 0 spiro atoms. The predicted octanol–water partition coefficient (Wildman–Crippen LogP) is 2.10. The van der Waals surface area contributed by atoms with Crippen LogP contribution in [-0.4, -0.2) is 13.7 Å². The van der Waals surface area contributed by atoms with E-state index in [-0.39, 0.29) is 0 Å². The Labute approximate surface area is 83.9 Å². The Morgan fingerprint density at radius 3 is 2.79 bits per heavy atom. The third-order valence-corrected chi connectivity index (χ3v) is 1.78. The van der Waals surface area contributed by atoms with E-state index in [1.807, 2.05) is 13.0 Å². The van der Waals surface area contributed by atoms with Gasteiger partial charge in [-0.25, -0.2) is 0 Å². The normalized spacial score (nSPS) is 9.50. The Kier molecular flexibility index (Phi) is 3.96. The van der Waals surface area contributed by atoms with E-state index < -0.39 is 0 Å². The van der Waals surface area contributed by atoms with Gasteiger partial charge in [0.1, 0.15) is 11.8 Å². The second-order valence-corrected chi connectivity index (χ2v) is 2.81. The van der Waals surface area contributed by atoms with E-state index in [2.05, 4.69) is 6.07 Å². The maximum absolute atomic E-state index is 8.87. The molecular weight excluding hydrogens is 178 g/mol. The monoisotopic (exact) mass is 191 g/mol. The van der Waals surface area contributed by atoms with Crippen LogP contribution in [0, 0.1) is 11.3 Å². The van der Waals surface area contributed by atoms with Crippen LogP contribution < -0.4 is 4.74 Å². The molecule has 0 atom stereocenters. The summed E-state index contributed by atoms with van der Waals surface area (Å²) in [5.74, 6) is 0.634. The van der Waals surface area contributed by atoms with Crippen molar-refractivity contribution in [3.8, 4) is 11.8 Å². The molecule has 1 rings (SSSR count). The number of hydrogen-bond donors (Lipinski definition) is 0. The fraction of sp³-hybridized carbons (Fsp3) is 0.364. The minimum Gasteiger partial charge on any atom is -0.492 e. The van der Waals surface area contributed by atoms with Gasteiger partial charge in [-0.2, -0.15) is 5.26 Å². The zero-order valence-electron chi connectivity index (χ0n) is 8.41. The fourth-order valence-electron chi connectivity index (χ4n) is 1.20. The predicted molar refractivity (Wildman–Crippen MR) is 53.0 cm³/mol. The third-order valence-electron chi connectivity index (χ3n) is 1.78. The van der Waals surface area contributed by atoms with Gasteiger partial charge in [0.2, 0.25) is 0 Å². The summed E-state index contributed by atoms with van der Waals surface area (Å²) < 4.78 is 10.3. The summed E-state index contributed by atoms with van der Waals surface area (Å²) in [6, 6.07) is 7.58. The highest BCUT2D eigenvalue weighted by Crippen LogP contribution is 2.19. The second-order valence-electron chi connectivity index (χ2n) is 2.81. The molecule has 74 valence electrons. The van der Waals surface area contributed by atoms with E-state index in [9.17, 15) is 0 Å². The van der Waals surface area contributed by atoms with Crippen molar-refractivity contribution in [3.63, 3.8) is 0 Å². The summed E-state index contributed by atoms with van der Waals surface area (Å²) in [7, 11) is 1.63. The minimum absolute atomic E-state index is 0.515. The van der Waals surface area contributed by atoms with Crippen LogP contribution in [0.3, 0.4) is 0 Å². The lowest BCUT2D eigenvalue weighted by Gasteiger charge is -2.06. The fourth-order valence-corrected chi connectivity index (χ4v) is 1.20. The number of nitrogens with zero attached hydrogens (tertiary/aromatic N) is 1. The highest BCUT2D eigenvalue weighted by molar-refractivity contribution is 5.45. The summed E-state index contributed by atoms with van der Waals surface area (Å²) in [6.45, 7) is 2.98. The Bertz CT molecular complexity index is 342. The highest BCUT2D eigenvalue weighted by atomic mass is 16.5. The summed E-state index contributed by atoms with van der Waals surface area (Å²) >= 11 is 0. The smallest absolute Gasteiger partial charge is 0.137 e. The van der Waals surface area contributed by atoms with Crippen LogP contribution in [0.15, 0.2) is 18.2 Å². The Morgan fingerprint density at radius 1 is 1.43 bits per heavy atom. The molecule has 0 saturated carbocycles. The van der Waals surface area contributed by atoms with Crippen molar-refractivity contribution in [2.45, 2.75) is 13.5 Å². The number of nitriles is 1. The molecular formula is C11H13NO2. The number of ether oxygens (including phenoxy) is 2. The van der Waals surface area contributed by atoms with Crippen LogP contribution in [0.1, 0.15) is 18.1 Å². The molecule has 0 saturated heterocycles. The van der Waals surface area contributed by atoms with Crippen molar-refractivity contribution < 1.29 is 9.47 Å². The molecule has 0 unspecified atom stereocenters. The molecule has 1 aromatic carbocycles. The number of hydrogen-bond acceptors (Lipinski definition) is 3. The molecule has 1 aromatic rings. The zero-order chi connectivity index (χ0) is 10.4. The van der Waals surface area contributed by atoms with Crippen molar-refractivity contribution in [1.82, 2.24) is 0 Å². The van der Waals surface area contributed by atoms with Gasteiger partial charge in [-0.05, 0) is 24.6 Å². The van der Waals surface area contributed by atoms with Crippen LogP contribution in [0.2, 0.25) is 0 Å². The van der Waals surface area contributed by atoms with E-state index in [0.717, 1.165) is 5.56 Å². The van der Waals surface area contributed by atoms with Crippen molar-refractivity contribution in [2.75, 3.05) is 13.7 Å². The standard InChI is InChI=1S/C11H13NO2/c1-3-14-11-5-4-9(8-13-2)6-10(11)7-12/h4-6H,3,8H2,1-2H3. The van der Waals surface area contributed by atoms with Crippen molar-refractivity contribution in [3.05, 3.63) is 29.3 Å². The molecule has 0 aromatic heterocycles. The lowest BCUT2D eigenvalue weighted by molar-refractivity contribution is 0.185. The first-order valence-electron chi connectivity index (χ1n) is 4.46. The van der Waals surface area contributed by atoms with E-state index >= 15 is 0 Å². The van der Waals surface area contributed by atoms with Gasteiger partial charge >= 0.3 is 0 Å². The molecule has 14 heavy (non-hydrogen) atoms. The van der Waals surface area contributed by atoms with E-state index in [1.165, 1.54) is 0 Å². The average molecular weight is 191 g/mol. The molecule has 0 aliphatic rings. The first kappa shape index (κ1) is 10.6. The highest BCUT2D eigenvalue weighted by Gasteiger charge is 2.03. The van der Waals surface area contributed by atoms with Gasteiger partial charge in [0.15, 0.2) is 0 Å². The van der Waals surface area contributed by atoms with Gasteiger partial charge in [0.05, 0.1) is 18.8 Å². The van der Waals surface area contributed by atoms with Crippen molar-refractivity contribution >= 4 is 0 Å². The summed E-state index contributed by atoms with van der Waals surface area (Å²) in [6.07, 6.45) is 0. The van der Waals surface area contributed by atoms with Gasteiger partial charge in [-0.3, -0.25) is 0 Å². The number of methoxy groups -OCH3 is 1. The van der Waals surface area contributed by atoms with Crippen LogP contribution in [-0.2, 0) is 11.3 Å². The molecule has 0 bridgehead atoms. The summed E-state index contributed by atoms with van der Waals surface area (Å²) in [5.41, 5.74) is 1.54. The lowest BCUT2D eigenvalue weighted by atomic mass is 10.1. The molecule has 0 radical (unpaired) electrons. The van der Waals surface area contributed by atoms with E-state index in [4.69, 9.17) is 14.7 Å². The second kappa shape index (κ2) is 5.25. The van der Waals surface area contributed by atoms with Gasteiger partial charge < -0.3 is 9.47 Å². The summed E-state index contributed by atoms with van der Waals surface area (Å²) in [4.78, 5) is 0. The molecule has 3 heteroatoms. The largest absolute Gasteiger partial charge is 0.492 e. The van der Waals surface area contributed by atoms with E-state index in [1.54, 1.807) is 19.2 Å². The number of rotatable bonds is 4. The van der Waals surface area contributed by atoms with Gasteiger partial charge in [-0.1, -0.05) is 6.07 Å². The Hall–Kier alpha value is -1.53. The molecule has 0 aliphatic heterocycles. The first-order chi connectivity index (χ1) is 6.81. The molecule has 0 amide bonds. The average Bonchev–Trinajstić information content (AvgIpc) is 2.21. The minimum atomic E-state index is 0.515. The Balaban J connectivity index is 2.94. The van der Waals surface area contributed by atoms with Crippen LogP contribution in [0.25, 0.3) is 0 Å². The van der Waals surface area contributed by atoms with Crippen molar-refractivity contribution in [1.29, 1.82) is 5.26 Å². The molecule has 0 aliphatic carbocycles.